The van der Waals surface area contributed by atoms with Crippen molar-refractivity contribution in [2.24, 2.45) is 0 Å². The summed E-state index contributed by atoms with van der Waals surface area (Å²) < 4.78 is 16.9. The van der Waals surface area contributed by atoms with Crippen molar-refractivity contribution >= 4 is 17.9 Å². The van der Waals surface area contributed by atoms with Crippen molar-refractivity contribution in [1.82, 2.24) is 0 Å². The maximum absolute atomic E-state index is 12.9. The van der Waals surface area contributed by atoms with Gasteiger partial charge in [0.25, 0.3) is 0 Å². The Kier molecular flexibility index (Phi) is 65.8. The first-order valence-corrected chi connectivity index (χ1v) is 34.3. The summed E-state index contributed by atoms with van der Waals surface area (Å²) in [6.45, 7) is 6.46. The minimum atomic E-state index is -0.812. The first-order chi connectivity index (χ1) is 41.0. The molecule has 83 heavy (non-hydrogen) atoms. The van der Waals surface area contributed by atoms with E-state index in [9.17, 15) is 14.4 Å². The van der Waals surface area contributed by atoms with Crippen LogP contribution < -0.4 is 0 Å². The number of hydrogen-bond acceptors (Lipinski definition) is 6. The fourth-order valence-corrected chi connectivity index (χ4v) is 9.17. The number of carbonyl (C=O) groups excluding carboxylic acids is 3. The molecular formula is C77H126O6. The second-order valence-electron chi connectivity index (χ2n) is 22.3. The molecule has 0 aromatic rings. The first-order valence-electron chi connectivity index (χ1n) is 34.3. The molecule has 0 fully saturated rings. The predicted octanol–water partition coefficient (Wildman–Crippen LogP) is 23.9. The Bertz CT molecular complexity index is 1800. The van der Waals surface area contributed by atoms with Crippen LogP contribution in [-0.2, 0) is 28.6 Å². The molecule has 0 aromatic heterocycles. The van der Waals surface area contributed by atoms with E-state index in [1.807, 2.05) is 0 Å². The third kappa shape index (κ3) is 68.0. The molecule has 1 unspecified atom stereocenters. The number of hydrogen-bond donors (Lipinski definition) is 0. The second-order valence-corrected chi connectivity index (χ2v) is 22.3. The van der Waals surface area contributed by atoms with Crippen LogP contribution in [0.5, 0.6) is 0 Å². The van der Waals surface area contributed by atoms with E-state index in [0.717, 1.165) is 128 Å². The molecule has 1 atom stereocenters. The molecule has 0 bridgehead atoms. The maximum Gasteiger partial charge on any atom is 0.306 e. The number of ether oxygens (including phenoxy) is 3. The molecule has 470 valence electrons. The van der Waals surface area contributed by atoms with Crippen molar-refractivity contribution in [3.63, 3.8) is 0 Å². The lowest BCUT2D eigenvalue weighted by Gasteiger charge is -2.18. The topological polar surface area (TPSA) is 78.9 Å². The Labute approximate surface area is 512 Å². The molecule has 0 spiro atoms. The summed E-state index contributed by atoms with van der Waals surface area (Å²) in [4.78, 5) is 38.4. The van der Waals surface area contributed by atoms with Gasteiger partial charge in [0.1, 0.15) is 13.2 Å². The zero-order valence-corrected chi connectivity index (χ0v) is 53.9. The lowest BCUT2D eigenvalue weighted by Crippen LogP contribution is -2.30. The third-order valence-corrected chi connectivity index (χ3v) is 14.3. The van der Waals surface area contributed by atoms with E-state index in [2.05, 4.69) is 167 Å². The van der Waals surface area contributed by atoms with Gasteiger partial charge in [0, 0.05) is 19.3 Å². The summed E-state index contributed by atoms with van der Waals surface area (Å²) in [6.07, 6.45) is 100.0. The van der Waals surface area contributed by atoms with Crippen LogP contribution in [0.4, 0.5) is 0 Å². The van der Waals surface area contributed by atoms with Crippen LogP contribution in [0.1, 0.15) is 303 Å². The Morgan fingerprint density at radius 2 is 0.470 bits per heavy atom. The molecular weight excluding hydrogens is 1020 g/mol. The van der Waals surface area contributed by atoms with Crippen LogP contribution in [0.3, 0.4) is 0 Å². The zero-order valence-electron chi connectivity index (χ0n) is 53.9. The van der Waals surface area contributed by atoms with Crippen LogP contribution in [0.2, 0.25) is 0 Å². The predicted molar refractivity (Wildman–Crippen MR) is 362 cm³/mol. The number of carbonyl (C=O) groups is 3. The normalized spacial score (nSPS) is 13.0. The zero-order chi connectivity index (χ0) is 59.9. The van der Waals surface area contributed by atoms with E-state index in [-0.39, 0.29) is 31.1 Å². The molecule has 6 nitrogen and oxygen atoms in total. The Morgan fingerprint density at radius 3 is 0.795 bits per heavy atom. The summed E-state index contributed by atoms with van der Waals surface area (Å²) in [7, 11) is 0. The second kappa shape index (κ2) is 69.8. The highest BCUT2D eigenvalue weighted by Gasteiger charge is 2.19. The van der Waals surface area contributed by atoms with E-state index in [1.54, 1.807) is 0 Å². The first kappa shape index (κ1) is 78.3. The molecule has 0 saturated carbocycles. The Hall–Kier alpha value is -4.71. The summed E-state index contributed by atoms with van der Waals surface area (Å²) in [6, 6.07) is 0. The van der Waals surface area contributed by atoms with E-state index in [1.165, 1.54) is 128 Å². The summed E-state index contributed by atoms with van der Waals surface area (Å²) >= 11 is 0. The number of unbranched alkanes of at least 4 members (excludes halogenated alkanes) is 26. The molecule has 6 heteroatoms. The molecule has 0 aliphatic rings. The van der Waals surface area contributed by atoms with Gasteiger partial charge in [-0.2, -0.15) is 0 Å². The van der Waals surface area contributed by atoms with Crippen molar-refractivity contribution < 1.29 is 28.6 Å². The molecule has 0 N–H and O–H groups in total. The fraction of sp³-hybridized carbons (Fsp3) is 0.649. The van der Waals surface area contributed by atoms with Crippen molar-refractivity contribution in [3.8, 4) is 0 Å². The highest BCUT2D eigenvalue weighted by atomic mass is 16.6. The van der Waals surface area contributed by atoms with E-state index >= 15 is 0 Å². The summed E-state index contributed by atoms with van der Waals surface area (Å²) in [5.41, 5.74) is 0. The highest BCUT2D eigenvalue weighted by Crippen LogP contribution is 2.15. The molecule has 0 saturated heterocycles. The molecule has 0 aliphatic carbocycles. The van der Waals surface area contributed by atoms with Crippen molar-refractivity contribution in [2.45, 2.75) is 309 Å². The van der Waals surface area contributed by atoms with Crippen molar-refractivity contribution in [2.75, 3.05) is 13.2 Å². The molecule has 0 heterocycles. The van der Waals surface area contributed by atoms with Crippen LogP contribution in [0, 0.1) is 0 Å². The minimum absolute atomic E-state index is 0.103. The van der Waals surface area contributed by atoms with E-state index < -0.39 is 6.10 Å². The van der Waals surface area contributed by atoms with Gasteiger partial charge in [-0.15, -0.1) is 0 Å². The van der Waals surface area contributed by atoms with Gasteiger partial charge in [0.15, 0.2) is 6.10 Å². The molecule has 0 aliphatic heterocycles. The van der Waals surface area contributed by atoms with Gasteiger partial charge in [0.2, 0.25) is 0 Å². The molecule has 0 rings (SSSR count). The van der Waals surface area contributed by atoms with Gasteiger partial charge >= 0.3 is 17.9 Å². The number of rotatable bonds is 61. The largest absolute Gasteiger partial charge is 0.462 e. The smallest absolute Gasteiger partial charge is 0.306 e. The number of allylic oxidation sites excluding steroid dienone is 24. The summed E-state index contributed by atoms with van der Waals surface area (Å²) in [5.74, 6) is -0.959. The average molecular weight is 1150 g/mol. The van der Waals surface area contributed by atoms with E-state index in [0.29, 0.717) is 25.7 Å². The van der Waals surface area contributed by atoms with Gasteiger partial charge < -0.3 is 14.2 Å². The van der Waals surface area contributed by atoms with E-state index in [4.69, 9.17) is 14.2 Å². The van der Waals surface area contributed by atoms with Crippen molar-refractivity contribution in [1.29, 1.82) is 0 Å². The molecule has 0 amide bonds. The highest BCUT2D eigenvalue weighted by molar-refractivity contribution is 5.71. The van der Waals surface area contributed by atoms with Crippen LogP contribution >= 0.6 is 0 Å². The van der Waals surface area contributed by atoms with Gasteiger partial charge in [0.05, 0.1) is 0 Å². The van der Waals surface area contributed by atoms with Gasteiger partial charge in [-0.05, 0) is 148 Å². The SMILES string of the molecule is CC/C=C\C/C=C\C/C=C\C/C=C\C/C=C\C/C=C\C/C=C\C/C=C\CCCCC(=O)OCC(COC(=O)CCCCCCCCCCC/C=C\CCCCCCCC)OC(=O)CCCCCCCC/C=C\C/C=C\C/C=C\CCCCC. The lowest BCUT2D eigenvalue weighted by atomic mass is 10.1. The van der Waals surface area contributed by atoms with Gasteiger partial charge in [-0.25, -0.2) is 0 Å². The quantitative estimate of drug-likeness (QED) is 0.0261. The monoisotopic (exact) mass is 1150 g/mol. The Morgan fingerprint density at radius 1 is 0.253 bits per heavy atom. The summed E-state index contributed by atoms with van der Waals surface area (Å²) in [5, 5.41) is 0. The third-order valence-electron chi connectivity index (χ3n) is 14.3. The standard InChI is InChI=1S/C77H126O6/c1-4-7-10-13-16-19-22-25-28-31-34-35-36-37-38-39-40-41-44-46-49-52-55-58-61-64-67-70-76(79)82-73-74(83-77(80)71-68-65-62-59-56-53-50-47-43-33-30-27-24-21-18-15-12-9-6-3)72-81-75(78)69-66-63-60-57-54-51-48-45-42-32-29-26-23-20-17-14-11-8-5-2/h7,10,16,18-19,21,25-30,34-35,37-38,40-41,43,46-47,49,55,58,74H,4-6,8-9,11-15,17,20,22-24,31-33,36,39,42,44-45,48,50-54,56-57,59-73H2,1-3H3/b10-7-,19-16-,21-18-,28-25-,29-26-,30-27-,35-34-,38-37-,41-40-,47-43-,49-46-,58-55-. The fourth-order valence-electron chi connectivity index (χ4n) is 9.17. The van der Waals surface area contributed by atoms with Crippen LogP contribution in [-0.4, -0.2) is 37.2 Å². The van der Waals surface area contributed by atoms with Crippen molar-refractivity contribution in [3.05, 3.63) is 146 Å². The average Bonchev–Trinajstić information content (AvgIpc) is 3.50. The van der Waals surface area contributed by atoms with Gasteiger partial charge in [-0.1, -0.05) is 282 Å². The Balaban J connectivity index is 4.50. The van der Waals surface area contributed by atoms with Crippen LogP contribution in [0.25, 0.3) is 0 Å². The molecule has 0 aromatic carbocycles. The maximum atomic E-state index is 12.9. The minimum Gasteiger partial charge on any atom is -0.462 e. The number of esters is 3. The van der Waals surface area contributed by atoms with Crippen LogP contribution in [0.15, 0.2) is 146 Å². The lowest BCUT2D eigenvalue weighted by molar-refractivity contribution is -0.167. The van der Waals surface area contributed by atoms with Gasteiger partial charge in [-0.3, -0.25) is 14.4 Å². The molecule has 0 radical (unpaired) electrons.